The highest BCUT2D eigenvalue weighted by Crippen LogP contribution is 2.14. The molecule has 0 fully saturated rings. The third-order valence-electron chi connectivity index (χ3n) is 3.33. The van der Waals surface area contributed by atoms with Crippen molar-refractivity contribution in [1.29, 1.82) is 0 Å². The number of aryl methyl sites for hydroxylation is 1. The van der Waals surface area contributed by atoms with E-state index in [2.05, 4.69) is 34.3 Å². The molecule has 0 amide bonds. The third-order valence-corrected chi connectivity index (χ3v) is 4.23. The normalized spacial score (nSPS) is 11.4. The molecule has 2 rings (SSSR count). The van der Waals surface area contributed by atoms with Crippen LogP contribution in [-0.2, 0) is 13.1 Å². The first-order chi connectivity index (χ1) is 11.1. The fraction of sp³-hybridized carbons (Fsp3) is 0.412. The third kappa shape index (κ3) is 5.25. The quantitative estimate of drug-likeness (QED) is 0.652. The molecule has 0 spiro atoms. The number of guanidine groups is 1. The van der Waals surface area contributed by atoms with Gasteiger partial charge in [0.05, 0.1) is 18.7 Å². The number of ether oxygens (including phenoxy) is 1. The van der Waals surface area contributed by atoms with Gasteiger partial charge < -0.3 is 15.0 Å². The Morgan fingerprint density at radius 3 is 2.65 bits per heavy atom. The van der Waals surface area contributed by atoms with E-state index in [1.54, 1.807) is 18.4 Å². The molecule has 1 N–H and O–H groups in total. The van der Waals surface area contributed by atoms with Crippen LogP contribution < -0.4 is 10.1 Å². The fourth-order valence-corrected chi connectivity index (χ4v) is 2.90. The van der Waals surface area contributed by atoms with Crippen LogP contribution in [0.15, 0.2) is 35.5 Å². The summed E-state index contributed by atoms with van der Waals surface area (Å²) >= 11 is 1.69. The molecule has 0 aliphatic carbocycles. The van der Waals surface area contributed by atoms with Crippen molar-refractivity contribution >= 4 is 17.3 Å². The second-order valence-corrected chi connectivity index (χ2v) is 6.54. The maximum absolute atomic E-state index is 5.20. The summed E-state index contributed by atoms with van der Waals surface area (Å²) in [6.45, 7) is 6.37. The van der Waals surface area contributed by atoms with Gasteiger partial charge >= 0.3 is 0 Å². The van der Waals surface area contributed by atoms with Crippen molar-refractivity contribution in [2.24, 2.45) is 4.99 Å². The lowest BCUT2D eigenvalue weighted by atomic mass is 10.2. The molecule has 0 atom stereocenters. The van der Waals surface area contributed by atoms with Crippen molar-refractivity contribution in [2.75, 3.05) is 20.7 Å². The molecule has 0 unspecified atom stereocenters. The van der Waals surface area contributed by atoms with Crippen molar-refractivity contribution in [3.8, 4) is 5.75 Å². The minimum absolute atomic E-state index is 0.654. The number of hydrogen-bond donors (Lipinski definition) is 1. The van der Waals surface area contributed by atoms with Gasteiger partial charge in [-0.1, -0.05) is 12.1 Å². The van der Waals surface area contributed by atoms with Crippen LogP contribution in [0.4, 0.5) is 0 Å². The summed E-state index contributed by atoms with van der Waals surface area (Å²) in [7, 11) is 3.72. The maximum Gasteiger partial charge on any atom is 0.194 e. The Morgan fingerprint density at radius 2 is 2.09 bits per heavy atom. The number of rotatable bonds is 6. The lowest BCUT2D eigenvalue weighted by Gasteiger charge is -2.22. The number of benzene rings is 1. The summed E-state index contributed by atoms with van der Waals surface area (Å²) in [6.07, 6.45) is 1.90. The Morgan fingerprint density at radius 1 is 1.35 bits per heavy atom. The van der Waals surface area contributed by atoms with Gasteiger partial charge in [-0.25, -0.2) is 9.98 Å². The molecule has 1 aromatic carbocycles. The van der Waals surface area contributed by atoms with Crippen LogP contribution in [0.3, 0.4) is 0 Å². The molecule has 0 radical (unpaired) electrons. The van der Waals surface area contributed by atoms with Crippen molar-refractivity contribution in [3.05, 3.63) is 45.9 Å². The SMILES string of the molecule is CCNC(=NCc1cnc(C)s1)N(C)Cc1ccc(OC)cc1. The Hall–Kier alpha value is -2.08. The van der Waals surface area contributed by atoms with Gasteiger partial charge in [-0.15, -0.1) is 11.3 Å². The van der Waals surface area contributed by atoms with Crippen LogP contribution in [-0.4, -0.2) is 36.5 Å². The molecule has 6 heteroatoms. The van der Waals surface area contributed by atoms with Crippen molar-refractivity contribution in [2.45, 2.75) is 26.9 Å². The fourth-order valence-electron chi connectivity index (χ4n) is 2.18. The van der Waals surface area contributed by atoms with E-state index in [1.807, 2.05) is 32.3 Å². The van der Waals surface area contributed by atoms with E-state index in [9.17, 15) is 0 Å². The first kappa shape index (κ1) is 17.3. The number of hydrogen-bond acceptors (Lipinski definition) is 4. The molecular weight excluding hydrogens is 308 g/mol. The number of nitrogens with one attached hydrogen (secondary N) is 1. The summed E-state index contributed by atoms with van der Waals surface area (Å²) in [5.41, 5.74) is 1.22. The lowest BCUT2D eigenvalue weighted by molar-refractivity contribution is 0.414. The van der Waals surface area contributed by atoms with Gasteiger partial charge in [0.1, 0.15) is 5.75 Å². The zero-order valence-electron chi connectivity index (χ0n) is 14.2. The lowest BCUT2D eigenvalue weighted by Crippen LogP contribution is -2.38. The average molecular weight is 332 g/mol. The summed E-state index contributed by atoms with van der Waals surface area (Å²) in [6, 6.07) is 8.11. The van der Waals surface area contributed by atoms with E-state index in [-0.39, 0.29) is 0 Å². The average Bonchev–Trinajstić information content (AvgIpc) is 2.97. The molecule has 0 aliphatic heterocycles. The largest absolute Gasteiger partial charge is 0.497 e. The van der Waals surface area contributed by atoms with Gasteiger partial charge in [-0.05, 0) is 31.5 Å². The molecular formula is C17H24N4OS. The van der Waals surface area contributed by atoms with Crippen LogP contribution in [0, 0.1) is 6.92 Å². The highest BCUT2D eigenvalue weighted by molar-refractivity contribution is 7.11. The second kappa shape index (κ2) is 8.53. The van der Waals surface area contributed by atoms with E-state index in [0.717, 1.165) is 29.8 Å². The maximum atomic E-state index is 5.20. The molecule has 0 bridgehead atoms. The van der Waals surface area contributed by atoms with Crippen molar-refractivity contribution in [1.82, 2.24) is 15.2 Å². The first-order valence-corrected chi connectivity index (χ1v) is 8.47. The topological polar surface area (TPSA) is 49.8 Å². The van der Waals surface area contributed by atoms with Gasteiger partial charge in [0.15, 0.2) is 5.96 Å². The van der Waals surface area contributed by atoms with E-state index in [0.29, 0.717) is 6.54 Å². The Bertz CT molecular complexity index is 636. The van der Waals surface area contributed by atoms with E-state index < -0.39 is 0 Å². The number of aromatic nitrogens is 1. The zero-order chi connectivity index (χ0) is 16.7. The van der Waals surface area contributed by atoms with Crippen molar-refractivity contribution < 1.29 is 4.74 Å². The summed E-state index contributed by atoms with van der Waals surface area (Å²) < 4.78 is 5.20. The minimum atomic E-state index is 0.654. The smallest absolute Gasteiger partial charge is 0.194 e. The van der Waals surface area contributed by atoms with Gasteiger partial charge in [0, 0.05) is 31.2 Å². The van der Waals surface area contributed by atoms with Crippen LogP contribution >= 0.6 is 11.3 Å². The monoisotopic (exact) mass is 332 g/mol. The predicted molar refractivity (Wildman–Crippen MR) is 96.1 cm³/mol. The van der Waals surface area contributed by atoms with E-state index >= 15 is 0 Å². The Labute approximate surface area is 142 Å². The van der Waals surface area contributed by atoms with Gasteiger partial charge in [-0.2, -0.15) is 0 Å². The number of nitrogens with zero attached hydrogens (tertiary/aromatic N) is 3. The summed E-state index contributed by atoms with van der Waals surface area (Å²) in [5, 5.41) is 4.41. The molecule has 1 aromatic heterocycles. The first-order valence-electron chi connectivity index (χ1n) is 7.66. The van der Waals surface area contributed by atoms with Crippen LogP contribution in [0.25, 0.3) is 0 Å². The van der Waals surface area contributed by atoms with E-state index in [1.165, 1.54) is 10.4 Å². The molecule has 2 aromatic rings. The molecule has 0 aliphatic rings. The predicted octanol–water partition coefficient (Wildman–Crippen LogP) is 3.06. The van der Waals surface area contributed by atoms with Crippen LogP contribution in [0.5, 0.6) is 5.75 Å². The van der Waals surface area contributed by atoms with Gasteiger partial charge in [0.2, 0.25) is 0 Å². The van der Waals surface area contributed by atoms with E-state index in [4.69, 9.17) is 9.73 Å². The number of methoxy groups -OCH3 is 1. The van der Waals surface area contributed by atoms with Crippen LogP contribution in [0.2, 0.25) is 0 Å². The molecule has 0 saturated carbocycles. The highest BCUT2D eigenvalue weighted by atomic mass is 32.1. The van der Waals surface area contributed by atoms with Gasteiger partial charge in [-0.3, -0.25) is 0 Å². The second-order valence-electron chi connectivity index (χ2n) is 5.22. The molecule has 1 heterocycles. The number of thiazole rings is 1. The van der Waals surface area contributed by atoms with Crippen LogP contribution in [0.1, 0.15) is 22.4 Å². The summed E-state index contributed by atoms with van der Waals surface area (Å²) in [5.74, 6) is 1.77. The Balaban J connectivity index is 2.02. The molecule has 23 heavy (non-hydrogen) atoms. The Kier molecular flexibility index (Phi) is 6.40. The minimum Gasteiger partial charge on any atom is -0.497 e. The summed E-state index contributed by atoms with van der Waals surface area (Å²) in [4.78, 5) is 12.3. The zero-order valence-corrected chi connectivity index (χ0v) is 15.0. The van der Waals surface area contributed by atoms with Crippen molar-refractivity contribution in [3.63, 3.8) is 0 Å². The number of aliphatic imine (C=N–C) groups is 1. The molecule has 124 valence electrons. The molecule has 0 saturated heterocycles. The standard InChI is InChI=1S/C17H24N4OS/c1-5-18-17(20-11-16-10-19-13(2)23-16)21(3)12-14-6-8-15(22-4)9-7-14/h6-10H,5,11-12H2,1-4H3,(H,18,20). The molecule has 5 nitrogen and oxygen atoms in total. The highest BCUT2D eigenvalue weighted by Gasteiger charge is 2.07. The van der Waals surface area contributed by atoms with Gasteiger partial charge in [0.25, 0.3) is 0 Å².